The highest BCUT2D eigenvalue weighted by Gasteiger charge is 2.42. The topological polar surface area (TPSA) is 150 Å². The number of halogens is 1. The number of aliphatic hydroxyl groups excluding tert-OH is 3. The van der Waals surface area contributed by atoms with Crippen LogP contribution in [0.5, 0.6) is 11.5 Å². The number of hydrogen-bond acceptors (Lipinski definition) is 10. The van der Waals surface area contributed by atoms with Crippen LogP contribution in [0.3, 0.4) is 0 Å². The van der Waals surface area contributed by atoms with Gasteiger partial charge in [0.15, 0.2) is 11.5 Å². The van der Waals surface area contributed by atoms with Crippen molar-refractivity contribution in [2.24, 2.45) is 5.92 Å². The minimum Gasteiger partial charge on any atom is -0.493 e. The third kappa shape index (κ3) is 8.09. The first kappa shape index (κ1) is 31.9. The molecule has 1 aromatic rings. The summed E-state index contributed by atoms with van der Waals surface area (Å²) in [6.07, 6.45) is 0.162. The summed E-state index contributed by atoms with van der Waals surface area (Å²) in [5.74, 6) is -0.104. The van der Waals surface area contributed by atoms with Gasteiger partial charge in [-0.05, 0) is 52.8 Å². The van der Waals surface area contributed by atoms with Gasteiger partial charge in [-0.25, -0.2) is 0 Å². The van der Waals surface area contributed by atoms with Crippen molar-refractivity contribution in [3.05, 3.63) is 32.9 Å². The van der Waals surface area contributed by atoms with E-state index in [0.29, 0.717) is 72.1 Å². The summed E-state index contributed by atoms with van der Waals surface area (Å²) in [5, 5.41) is 33.3. The molecule has 1 aromatic carbocycles. The van der Waals surface area contributed by atoms with Gasteiger partial charge in [-0.1, -0.05) is 0 Å². The number of ether oxygens (including phenoxy) is 4. The summed E-state index contributed by atoms with van der Waals surface area (Å²) >= 11 is 2.07. The number of benzene rings is 1. The third-order valence-electron chi connectivity index (χ3n) is 7.66. The van der Waals surface area contributed by atoms with Gasteiger partial charge >= 0.3 is 0 Å². The summed E-state index contributed by atoms with van der Waals surface area (Å²) in [6, 6.07) is 2.66. The van der Waals surface area contributed by atoms with Gasteiger partial charge in [0.05, 0.1) is 55.7 Å². The first-order chi connectivity index (χ1) is 19.9. The molecule has 0 saturated carbocycles. The molecule has 4 unspecified atom stereocenters. The second kappa shape index (κ2) is 15.5. The third-order valence-corrected chi connectivity index (χ3v) is 8.46. The van der Waals surface area contributed by atoms with Gasteiger partial charge in [0.2, 0.25) is 11.8 Å². The number of carbonyl (C=O) groups excluding carboxylic acids is 2. The maximum absolute atomic E-state index is 13.9. The lowest BCUT2D eigenvalue weighted by molar-refractivity contribution is -0.143. The van der Waals surface area contributed by atoms with Crippen LogP contribution in [0, 0.1) is 9.49 Å². The predicted octanol–water partition coefficient (Wildman–Crippen LogP) is -0.0951. The normalized spacial score (nSPS) is 25.0. The molecular formula is C28H40IN3O9. The van der Waals surface area contributed by atoms with Crippen molar-refractivity contribution >= 4 is 34.4 Å². The summed E-state index contributed by atoms with van der Waals surface area (Å²) in [5.41, 5.74) is 0.991. The first-order valence-electron chi connectivity index (χ1n) is 14.0. The number of nitrogens with one attached hydrogen (secondary N) is 1. The van der Waals surface area contributed by atoms with Gasteiger partial charge in [0, 0.05) is 51.3 Å². The van der Waals surface area contributed by atoms with Gasteiger partial charge in [0.1, 0.15) is 12.2 Å². The van der Waals surface area contributed by atoms with Crippen LogP contribution in [0.2, 0.25) is 0 Å². The molecule has 228 valence electrons. The molecule has 13 heteroatoms. The number of morpholine rings is 1. The Morgan fingerprint density at radius 2 is 1.98 bits per heavy atom. The number of methoxy groups -OCH3 is 1. The zero-order valence-electron chi connectivity index (χ0n) is 23.3. The molecule has 2 heterocycles. The van der Waals surface area contributed by atoms with Crippen LogP contribution in [0.1, 0.15) is 18.4 Å². The van der Waals surface area contributed by atoms with Crippen molar-refractivity contribution in [3.8, 4) is 11.5 Å². The van der Waals surface area contributed by atoms with E-state index in [4.69, 9.17) is 18.9 Å². The zero-order valence-corrected chi connectivity index (χ0v) is 25.5. The van der Waals surface area contributed by atoms with Crippen LogP contribution < -0.4 is 14.8 Å². The lowest BCUT2D eigenvalue weighted by Crippen LogP contribution is -2.57. The second-order valence-electron chi connectivity index (χ2n) is 10.3. The van der Waals surface area contributed by atoms with E-state index < -0.39 is 24.2 Å². The van der Waals surface area contributed by atoms with Crippen LogP contribution >= 0.6 is 22.6 Å². The lowest BCUT2D eigenvalue weighted by atomic mass is 9.87. The molecular weight excluding hydrogens is 649 g/mol. The van der Waals surface area contributed by atoms with E-state index in [2.05, 4.69) is 32.8 Å². The highest BCUT2D eigenvalue weighted by molar-refractivity contribution is 14.1. The molecule has 0 radical (unpaired) electrons. The molecule has 4 rings (SSSR count). The van der Waals surface area contributed by atoms with E-state index in [1.165, 1.54) is 7.11 Å². The van der Waals surface area contributed by atoms with E-state index >= 15 is 0 Å². The fourth-order valence-corrected chi connectivity index (χ4v) is 6.16. The average Bonchev–Trinajstić information content (AvgIpc) is 3.54. The summed E-state index contributed by atoms with van der Waals surface area (Å²) in [6.45, 7) is 4.22. The first-order valence-corrected chi connectivity index (χ1v) is 15.0. The second-order valence-corrected chi connectivity index (χ2v) is 11.5. The SMILES string of the molecule is COc1cc(CO)cc(I)c1OC1C=C(C(=O)NCCO)CC(N(CCN2CCOCC2)C(=O)C2CCOC2)C1O. The molecule has 0 bridgehead atoms. The summed E-state index contributed by atoms with van der Waals surface area (Å²) in [4.78, 5) is 30.9. The van der Waals surface area contributed by atoms with Crippen molar-refractivity contribution < 1.29 is 43.9 Å². The molecule has 41 heavy (non-hydrogen) atoms. The number of aliphatic hydroxyl groups is 3. The Kier molecular flexibility index (Phi) is 12.0. The van der Waals surface area contributed by atoms with Gasteiger partial charge in [-0.3, -0.25) is 14.5 Å². The monoisotopic (exact) mass is 689 g/mol. The molecule has 4 N–H and O–H groups in total. The van der Waals surface area contributed by atoms with Crippen molar-refractivity contribution in [2.45, 2.75) is 37.7 Å². The Morgan fingerprint density at radius 1 is 1.20 bits per heavy atom. The highest BCUT2D eigenvalue weighted by atomic mass is 127. The number of amides is 2. The van der Waals surface area contributed by atoms with Crippen LogP contribution in [0.15, 0.2) is 23.8 Å². The zero-order chi connectivity index (χ0) is 29.4. The van der Waals surface area contributed by atoms with Crippen LogP contribution in [0.25, 0.3) is 0 Å². The van der Waals surface area contributed by atoms with Gasteiger partial charge in [-0.15, -0.1) is 0 Å². The van der Waals surface area contributed by atoms with Crippen molar-refractivity contribution in [1.29, 1.82) is 0 Å². The molecule has 2 aliphatic heterocycles. The predicted molar refractivity (Wildman–Crippen MR) is 157 cm³/mol. The molecule has 0 aromatic heterocycles. The van der Waals surface area contributed by atoms with Crippen molar-refractivity contribution in [2.75, 3.05) is 72.9 Å². The van der Waals surface area contributed by atoms with Crippen molar-refractivity contribution in [1.82, 2.24) is 15.1 Å². The van der Waals surface area contributed by atoms with Crippen LogP contribution in [-0.4, -0.2) is 128 Å². The fourth-order valence-electron chi connectivity index (χ4n) is 5.37. The number of carbonyl (C=O) groups is 2. The minimum atomic E-state index is -1.15. The highest BCUT2D eigenvalue weighted by Crippen LogP contribution is 2.37. The standard InChI is InChI=1S/C28H40IN3O9/c1-38-24-13-18(16-34)12-21(29)26(24)41-23-15-20(27(36)30-3-8-33)14-22(25(23)35)32(28(37)19-2-9-40-17-19)5-4-31-6-10-39-11-7-31/h12-13,15,19,22-23,25,33-35H,2-11,14,16-17H2,1H3,(H,30,36). The van der Waals surface area contributed by atoms with Crippen LogP contribution in [0.4, 0.5) is 0 Å². The Bertz CT molecular complexity index is 1080. The molecule has 1 aliphatic carbocycles. The van der Waals surface area contributed by atoms with E-state index in [0.717, 1.165) is 13.1 Å². The summed E-state index contributed by atoms with van der Waals surface area (Å²) < 4.78 is 23.5. The molecule has 12 nitrogen and oxygen atoms in total. The average molecular weight is 690 g/mol. The van der Waals surface area contributed by atoms with E-state index in [9.17, 15) is 24.9 Å². The van der Waals surface area contributed by atoms with Gasteiger partial charge in [-0.2, -0.15) is 0 Å². The Morgan fingerprint density at radius 3 is 2.63 bits per heavy atom. The van der Waals surface area contributed by atoms with Gasteiger partial charge < -0.3 is 44.5 Å². The number of hydrogen-bond donors (Lipinski definition) is 4. The maximum atomic E-state index is 13.9. The van der Waals surface area contributed by atoms with Crippen LogP contribution in [-0.2, 0) is 25.7 Å². The smallest absolute Gasteiger partial charge is 0.247 e. The molecule has 3 aliphatic rings. The molecule has 2 amide bonds. The largest absolute Gasteiger partial charge is 0.493 e. The summed E-state index contributed by atoms with van der Waals surface area (Å²) in [7, 11) is 1.48. The molecule has 2 fully saturated rings. The number of nitrogens with zero attached hydrogens (tertiary/aromatic N) is 2. The Labute approximate surface area is 253 Å². The van der Waals surface area contributed by atoms with E-state index in [1.54, 1.807) is 23.1 Å². The maximum Gasteiger partial charge on any atom is 0.247 e. The quantitative estimate of drug-likeness (QED) is 0.220. The van der Waals surface area contributed by atoms with Crippen molar-refractivity contribution in [3.63, 3.8) is 0 Å². The molecule has 2 saturated heterocycles. The molecule has 0 spiro atoms. The number of rotatable bonds is 12. The van der Waals surface area contributed by atoms with Gasteiger partial charge in [0.25, 0.3) is 0 Å². The minimum absolute atomic E-state index is 0.0718. The molecule has 4 atom stereocenters. The Balaban J connectivity index is 1.66. The van der Waals surface area contributed by atoms with E-state index in [1.807, 2.05) is 0 Å². The Hall–Kier alpha value is -2.01. The van der Waals surface area contributed by atoms with E-state index in [-0.39, 0.29) is 38.0 Å². The fraction of sp³-hybridized carbons (Fsp3) is 0.643. The lowest BCUT2D eigenvalue weighted by Gasteiger charge is -2.42.